The van der Waals surface area contributed by atoms with E-state index < -0.39 is 0 Å². The molecule has 0 fully saturated rings. The lowest BCUT2D eigenvalue weighted by molar-refractivity contribution is -0.141. The van der Waals surface area contributed by atoms with E-state index in [0.717, 1.165) is 17.1 Å². The number of hydrogen-bond acceptors (Lipinski definition) is 3. The number of halogens is 1. The number of hydrogen-bond donors (Lipinski definition) is 0. The Morgan fingerprint density at radius 1 is 1.43 bits per heavy atom. The van der Waals surface area contributed by atoms with E-state index in [1.165, 1.54) is 13.2 Å². The summed E-state index contributed by atoms with van der Waals surface area (Å²) in [5.74, 6) is 0.412. The maximum atomic E-state index is 13.4. The van der Waals surface area contributed by atoms with Gasteiger partial charge in [-0.3, -0.25) is 4.79 Å². The molecule has 0 saturated heterocycles. The van der Waals surface area contributed by atoms with E-state index in [2.05, 4.69) is 4.98 Å². The van der Waals surface area contributed by atoms with Gasteiger partial charge in [0.2, 0.25) is 0 Å². The largest absolute Gasteiger partial charge is 0.468 e. The molecule has 21 heavy (non-hydrogen) atoms. The molecule has 0 aliphatic carbocycles. The predicted molar refractivity (Wildman–Crippen MR) is 78.5 cm³/mol. The van der Waals surface area contributed by atoms with Crippen LogP contribution in [0.25, 0.3) is 11.3 Å². The summed E-state index contributed by atoms with van der Waals surface area (Å²) >= 11 is 0. The molecule has 0 bridgehead atoms. The Kier molecular flexibility index (Phi) is 4.40. The van der Waals surface area contributed by atoms with Crippen molar-refractivity contribution in [3.8, 4) is 11.3 Å². The summed E-state index contributed by atoms with van der Waals surface area (Å²) < 4.78 is 19.8. The van der Waals surface area contributed by atoms with Gasteiger partial charge < -0.3 is 9.30 Å². The lowest BCUT2D eigenvalue weighted by atomic mass is 10.1. The highest BCUT2D eigenvalue weighted by molar-refractivity contribution is 5.69. The average Bonchev–Trinajstić information content (AvgIpc) is 2.85. The topological polar surface area (TPSA) is 44.1 Å². The number of aryl methyl sites for hydroxylation is 1. The number of carbonyl (C=O) groups is 1. The predicted octanol–water partition coefficient (Wildman–Crippen LogP) is 3.29. The number of nitrogens with zero attached hydrogens (tertiary/aromatic N) is 2. The van der Waals surface area contributed by atoms with Crippen LogP contribution in [0, 0.1) is 12.7 Å². The molecule has 0 N–H and O–H groups in total. The molecule has 2 rings (SSSR count). The van der Waals surface area contributed by atoms with E-state index in [1.54, 1.807) is 29.8 Å². The molecule has 0 atom stereocenters. The molecule has 0 amide bonds. The zero-order valence-corrected chi connectivity index (χ0v) is 12.7. The van der Waals surface area contributed by atoms with Crippen molar-refractivity contribution < 1.29 is 13.9 Å². The fourth-order valence-corrected chi connectivity index (χ4v) is 2.16. The third kappa shape index (κ3) is 3.29. The minimum absolute atomic E-state index is 0.122. The van der Waals surface area contributed by atoms with Crippen molar-refractivity contribution in [1.82, 2.24) is 9.55 Å². The summed E-state index contributed by atoms with van der Waals surface area (Å²) in [5, 5.41) is 0. The zero-order chi connectivity index (χ0) is 15.6. The molecule has 0 saturated carbocycles. The summed E-state index contributed by atoms with van der Waals surface area (Å²) in [4.78, 5) is 16.1. The van der Waals surface area contributed by atoms with Gasteiger partial charge in [0.05, 0.1) is 12.8 Å². The summed E-state index contributed by atoms with van der Waals surface area (Å²) in [6, 6.07) is 4.88. The first-order valence-corrected chi connectivity index (χ1v) is 6.82. The van der Waals surface area contributed by atoms with Gasteiger partial charge in [-0.2, -0.15) is 0 Å². The Bertz CT molecular complexity index is 662. The van der Waals surface area contributed by atoms with E-state index in [-0.39, 0.29) is 24.2 Å². The first kappa shape index (κ1) is 15.2. The van der Waals surface area contributed by atoms with Gasteiger partial charge in [0, 0.05) is 17.7 Å². The molecule has 1 aromatic heterocycles. The summed E-state index contributed by atoms with van der Waals surface area (Å²) in [6.45, 7) is 5.86. The van der Waals surface area contributed by atoms with Gasteiger partial charge in [-0.1, -0.05) is 13.8 Å². The Morgan fingerprint density at radius 3 is 2.71 bits per heavy atom. The van der Waals surface area contributed by atoms with E-state index in [0.29, 0.717) is 5.56 Å². The Hall–Kier alpha value is -2.17. The summed E-state index contributed by atoms with van der Waals surface area (Å²) in [5.41, 5.74) is 2.13. The molecule has 0 aliphatic rings. The molecule has 4 nitrogen and oxygen atoms in total. The van der Waals surface area contributed by atoms with Crippen molar-refractivity contribution >= 4 is 5.97 Å². The Morgan fingerprint density at radius 2 is 2.14 bits per heavy atom. The van der Waals surface area contributed by atoms with E-state index >= 15 is 0 Å². The maximum Gasteiger partial charge on any atom is 0.325 e. The fourth-order valence-electron chi connectivity index (χ4n) is 2.16. The van der Waals surface area contributed by atoms with Gasteiger partial charge in [0.1, 0.15) is 18.2 Å². The van der Waals surface area contributed by atoms with Gasteiger partial charge in [0.25, 0.3) is 0 Å². The third-order valence-corrected chi connectivity index (χ3v) is 3.30. The number of methoxy groups -OCH3 is 1. The van der Waals surface area contributed by atoms with E-state index in [4.69, 9.17) is 4.74 Å². The second-order valence-corrected chi connectivity index (χ2v) is 5.31. The van der Waals surface area contributed by atoms with Gasteiger partial charge >= 0.3 is 5.97 Å². The van der Waals surface area contributed by atoms with Crippen LogP contribution in [0.5, 0.6) is 0 Å². The maximum absolute atomic E-state index is 13.4. The molecule has 1 aromatic carbocycles. The molecular formula is C16H19FN2O2. The summed E-state index contributed by atoms with van der Waals surface area (Å²) in [6.07, 6.45) is 1.80. The number of carbonyl (C=O) groups excluding carboxylic acids is 1. The zero-order valence-electron chi connectivity index (χ0n) is 12.7. The fraction of sp³-hybridized carbons (Fsp3) is 0.375. The third-order valence-electron chi connectivity index (χ3n) is 3.30. The van der Waals surface area contributed by atoms with E-state index in [9.17, 15) is 9.18 Å². The van der Waals surface area contributed by atoms with Crippen LogP contribution in [0.2, 0.25) is 0 Å². The highest BCUT2D eigenvalue weighted by Crippen LogP contribution is 2.24. The molecule has 112 valence electrons. The van der Waals surface area contributed by atoms with Crippen LogP contribution in [0.4, 0.5) is 4.39 Å². The van der Waals surface area contributed by atoms with Gasteiger partial charge in [-0.25, -0.2) is 9.37 Å². The second kappa shape index (κ2) is 6.08. The normalized spacial score (nSPS) is 11.0. The van der Waals surface area contributed by atoms with Crippen molar-refractivity contribution in [3.63, 3.8) is 0 Å². The van der Waals surface area contributed by atoms with Crippen LogP contribution in [0.3, 0.4) is 0 Å². The van der Waals surface area contributed by atoms with Crippen LogP contribution in [0.15, 0.2) is 24.4 Å². The molecule has 0 spiro atoms. The standard InChI is InChI=1S/C16H19FN2O2/c1-10(2)16-18-14(8-19(16)9-15(20)21-4)12-5-6-13(17)11(3)7-12/h5-8,10H,9H2,1-4H3. The van der Waals surface area contributed by atoms with Gasteiger partial charge in [-0.05, 0) is 30.7 Å². The number of esters is 1. The molecule has 0 unspecified atom stereocenters. The Balaban J connectivity index is 2.43. The lowest BCUT2D eigenvalue weighted by Gasteiger charge is -2.08. The van der Waals surface area contributed by atoms with Crippen molar-refractivity contribution in [2.75, 3.05) is 7.11 Å². The smallest absolute Gasteiger partial charge is 0.325 e. The minimum atomic E-state index is -0.323. The quantitative estimate of drug-likeness (QED) is 0.812. The van der Waals surface area contributed by atoms with E-state index in [1.807, 2.05) is 13.8 Å². The molecule has 5 heteroatoms. The Labute approximate surface area is 123 Å². The van der Waals surface area contributed by atoms with Gasteiger partial charge in [0.15, 0.2) is 0 Å². The molecule has 0 aliphatic heterocycles. The van der Waals surface area contributed by atoms with Crippen LogP contribution in [0.1, 0.15) is 31.2 Å². The minimum Gasteiger partial charge on any atom is -0.468 e. The first-order chi connectivity index (χ1) is 9.92. The van der Waals surface area contributed by atoms with Gasteiger partial charge in [-0.15, -0.1) is 0 Å². The molecular weight excluding hydrogens is 271 g/mol. The van der Waals surface area contributed by atoms with Crippen LogP contribution in [-0.2, 0) is 16.1 Å². The number of imidazole rings is 1. The van der Waals surface area contributed by atoms with Crippen molar-refractivity contribution in [1.29, 1.82) is 0 Å². The average molecular weight is 290 g/mol. The molecule has 0 radical (unpaired) electrons. The van der Waals surface area contributed by atoms with Crippen LogP contribution in [-0.4, -0.2) is 22.6 Å². The molecule has 1 heterocycles. The number of rotatable bonds is 4. The number of benzene rings is 1. The van der Waals surface area contributed by atoms with Crippen molar-refractivity contribution in [3.05, 3.63) is 41.6 Å². The highest BCUT2D eigenvalue weighted by atomic mass is 19.1. The SMILES string of the molecule is COC(=O)Cn1cc(-c2ccc(F)c(C)c2)nc1C(C)C. The first-order valence-electron chi connectivity index (χ1n) is 6.82. The number of ether oxygens (including phenoxy) is 1. The monoisotopic (exact) mass is 290 g/mol. The van der Waals surface area contributed by atoms with Crippen LogP contribution < -0.4 is 0 Å². The number of aromatic nitrogens is 2. The highest BCUT2D eigenvalue weighted by Gasteiger charge is 2.15. The lowest BCUT2D eigenvalue weighted by Crippen LogP contribution is -2.14. The van der Waals surface area contributed by atoms with Crippen molar-refractivity contribution in [2.45, 2.75) is 33.2 Å². The van der Waals surface area contributed by atoms with Crippen LogP contribution >= 0.6 is 0 Å². The summed E-state index contributed by atoms with van der Waals surface area (Å²) in [7, 11) is 1.36. The second-order valence-electron chi connectivity index (χ2n) is 5.31. The van der Waals surface area contributed by atoms with Crippen molar-refractivity contribution in [2.24, 2.45) is 0 Å². The molecule has 2 aromatic rings.